The number of nitrogens with one attached hydrogen (secondary N) is 2. The third-order valence-electron chi connectivity index (χ3n) is 12.1. The van der Waals surface area contributed by atoms with E-state index in [1.165, 1.54) is 79.7 Å². The van der Waals surface area contributed by atoms with Gasteiger partial charge in [0, 0.05) is 56.4 Å². The van der Waals surface area contributed by atoms with Gasteiger partial charge in [0.1, 0.15) is 0 Å². The zero-order valence-electron chi connectivity index (χ0n) is 37.0. The normalized spacial score (nSPS) is 15.6. The van der Waals surface area contributed by atoms with Crippen LogP contribution in [0.3, 0.4) is 0 Å². The van der Waals surface area contributed by atoms with Crippen LogP contribution in [0, 0.1) is 13.8 Å². The van der Waals surface area contributed by atoms with Crippen LogP contribution in [0.4, 0.5) is 5.69 Å². The summed E-state index contributed by atoms with van der Waals surface area (Å²) in [6.45, 7) is 4.89. The maximum absolute atomic E-state index is 14.6. The van der Waals surface area contributed by atoms with Crippen molar-refractivity contribution in [2.75, 3.05) is 38.0 Å². The summed E-state index contributed by atoms with van der Waals surface area (Å²) in [5.74, 6) is -1.18. The molecule has 2 fully saturated rings. The Kier molecular flexibility index (Phi) is 14.5. The molecule has 0 spiro atoms. The van der Waals surface area contributed by atoms with Gasteiger partial charge in [-0.1, -0.05) is 48.5 Å². The molecule has 16 nitrogen and oxygen atoms in total. The second kappa shape index (κ2) is 19.8. The van der Waals surface area contributed by atoms with Gasteiger partial charge in [-0.15, -0.1) is 0 Å². The minimum Gasteiger partial charge on any atom is -0.343 e. The molecule has 0 atom stereocenters. The van der Waals surface area contributed by atoms with Crippen molar-refractivity contribution in [3.05, 3.63) is 138 Å². The van der Waals surface area contributed by atoms with Crippen molar-refractivity contribution < 1.29 is 48.1 Å². The van der Waals surface area contributed by atoms with Crippen LogP contribution in [-0.4, -0.2) is 110 Å². The first-order valence-corrected chi connectivity index (χ1v) is 27.4. The molecule has 0 unspecified atom stereocenters. The Labute approximate surface area is 391 Å². The van der Waals surface area contributed by atoms with Gasteiger partial charge in [0.25, 0.3) is 5.91 Å². The summed E-state index contributed by atoms with van der Waals surface area (Å²) in [5, 5.41) is 2.72. The summed E-state index contributed by atoms with van der Waals surface area (Å²) >= 11 is 0. The van der Waals surface area contributed by atoms with Gasteiger partial charge in [0.15, 0.2) is 0 Å². The predicted molar refractivity (Wildman–Crippen MR) is 250 cm³/mol. The maximum Gasteiger partial charge on any atom is 0.253 e. The summed E-state index contributed by atoms with van der Waals surface area (Å²) in [6.07, 6.45) is 1.06. The lowest BCUT2D eigenvalue weighted by molar-refractivity contribution is -0.130. The highest BCUT2D eigenvalue weighted by Gasteiger charge is 2.37. The average Bonchev–Trinajstić information content (AvgIpc) is 3.31. The van der Waals surface area contributed by atoms with Crippen LogP contribution in [0.2, 0.25) is 0 Å². The van der Waals surface area contributed by atoms with Crippen molar-refractivity contribution in [1.82, 2.24) is 18.8 Å². The van der Waals surface area contributed by atoms with Gasteiger partial charge in [-0.25, -0.2) is 38.4 Å². The van der Waals surface area contributed by atoms with Crippen molar-refractivity contribution in [3.8, 4) is 0 Å². The fraction of sp³-hybridized carbons (Fsp3) is 0.298. The minimum absolute atomic E-state index is 0.00983. The van der Waals surface area contributed by atoms with Crippen LogP contribution in [0.1, 0.15) is 54.1 Å². The number of anilines is 1. The average molecular weight is 990 g/mol. The molecule has 0 bridgehead atoms. The van der Waals surface area contributed by atoms with Gasteiger partial charge < -0.3 is 15.1 Å². The lowest BCUT2D eigenvalue weighted by atomic mass is 10.0. The summed E-state index contributed by atoms with van der Waals surface area (Å²) in [5.41, 5.74) is 1.22. The first-order valence-electron chi connectivity index (χ1n) is 21.5. The molecule has 2 heterocycles. The van der Waals surface area contributed by atoms with E-state index >= 15 is 0 Å². The van der Waals surface area contributed by atoms with E-state index in [1.54, 1.807) is 60.0 Å². The summed E-state index contributed by atoms with van der Waals surface area (Å²) in [7, 11) is -16.7. The fourth-order valence-corrected chi connectivity index (χ4v) is 14.5. The van der Waals surface area contributed by atoms with Crippen LogP contribution < -0.4 is 10.0 Å². The topological polar surface area (TPSA) is 222 Å². The number of carbonyl (C=O) groups excluding carboxylic acids is 3. The number of aryl methyl sites for hydroxylation is 2. The lowest BCUT2D eigenvalue weighted by Gasteiger charge is -2.37. The highest BCUT2D eigenvalue weighted by molar-refractivity contribution is 7.92. The van der Waals surface area contributed by atoms with Crippen molar-refractivity contribution in [3.63, 3.8) is 0 Å². The third-order valence-corrected chi connectivity index (χ3v) is 19.3. The lowest BCUT2D eigenvalue weighted by Crippen LogP contribution is -2.50. The number of sulfone groups is 2. The molecule has 7 rings (SSSR count). The van der Waals surface area contributed by atoms with Crippen molar-refractivity contribution >= 4 is 63.1 Å². The molecule has 0 aromatic heterocycles. The number of nitrogens with zero attached hydrogens (tertiary/aromatic N) is 3. The van der Waals surface area contributed by atoms with Gasteiger partial charge >= 0.3 is 0 Å². The molecule has 2 N–H and O–H groups in total. The largest absolute Gasteiger partial charge is 0.343 e. The monoisotopic (exact) mass is 989 g/mol. The molecule has 5 aromatic carbocycles. The first kappa shape index (κ1) is 49.1. The molecular formula is C47H51N5O11S4. The Morgan fingerprint density at radius 3 is 1.57 bits per heavy atom. The van der Waals surface area contributed by atoms with E-state index < -0.39 is 64.3 Å². The number of piperidine rings is 2. The van der Waals surface area contributed by atoms with Crippen LogP contribution in [0.25, 0.3) is 0 Å². The quantitative estimate of drug-likeness (QED) is 0.147. The van der Waals surface area contributed by atoms with E-state index in [0.717, 1.165) is 16.4 Å². The Balaban J connectivity index is 1.00. The van der Waals surface area contributed by atoms with Crippen LogP contribution >= 0.6 is 0 Å². The van der Waals surface area contributed by atoms with Gasteiger partial charge in [-0.2, -0.15) is 4.31 Å². The highest BCUT2D eigenvalue weighted by atomic mass is 32.2. The Bertz CT molecular complexity index is 3120. The molecule has 20 heteroatoms. The number of amides is 3. The van der Waals surface area contributed by atoms with Gasteiger partial charge in [-0.05, 0) is 123 Å². The smallest absolute Gasteiger partial charge is 0.253 e. The van der Waals surface area contributed by atoms with E-state index in [2.05, 4.69) is 10.0 Å². The van der Waals surface area contributed by atoms with Crippen molar-refractivity contribution in [2.45, 2.75) is 87.9 Å². The number of benzene rings is 5. The highest BCUT2D eigenvalue weighted by Crippen LogP contribution is 2.31. The number of likely N-dealkylation sites (tertiary alicyclic amines) is 2. The van der Waals surface area contributed by atoms with Crippen LogP contribution in [-0.2, 0) is 49.3 Å². The number of rotatable bonds is 14. The van der Waals surface area contributed by atoms with Crippen molar-refractivity contribution in [2.24, 2.45) is 0 Å². The molecule has 5 aromatic rings. The summed E-state index contributed by atoms with van der Waals surface area (Å²) in [4.78, 5) is 41.8. The minimum atomic E-state index is -4.50. The molecule has 0 aliphatic carbocycles. The second-order valence-corrected chi connectivity index (χ2v) is 24.0. The fourth-order valence-electron chi connectivity index (χ4n) is 8.24. The van der Waals surface area contributed by atoms with Crippen LogP contribution in [0.5, 0.6) is 0 Å². The number of carbonyl (C=O) groups is 3. The summed E-state index contributed by atoms with van der Waals surface area (Å²) < 4.78 is 114. The van der Waals surface area contributed by atoms with Crippen molar-refractivity contribution in [1.29, 1.82) is 0 Å². The number of hydrogen-bond acceptors (Lipinski definition) is 11. The molecule has 3 amide bonds. The number of hydrogen-bond donors (Lipinski definition) is 2. The van der Waals surface area contributed by atoms with E-state index in [0.29, 0.717) is 24.0 Å². The Morgan fingerprint density at radius 1 is 0.582 bits per heavy atom. The molecule has 67 heavy (non-hydrogen) atoms. The third kappa shape index (κ3) is 10.8. The van der Waals surface area contributed by atoms with Gasteiger partial charge in [0.2, 0.25) is 51.5 Å². The molecule has 2 aliphatic heterocycles. The zero-order valence-corrected chi connectivity index (χ0v) is 40.3. The van der Waals surface area contributed by atoms with E-state index in [4.69, 9.17) is 0 Å². The molecule has 0 radical (unpaired) electrons. The maximum atomic E-state index is 14.6. The van der Waals surface area contributed by atoms with E-state index in [1.807, 2.05) is 0 Å². The summed E-state index contributed by atoms with van der Waals surface area (Å²) in [6, 6.07) is 28.0. The van der Waals surface area contributed by atoms with E-state index in [-0.39, 0.29) is 91.5 Å². The standard InChI is InChI=1S/C47H51N5O11S4/c1-33-14-20-42(64(56,57)40-10-6-4-7-11-40)30-44(33)66(60,61)49-38-22-26-51(27-23-38)47(55)36-16-18-37(19-17-36)48-46(54)32-52(39-24-28-50(29-25-39)35(3)53)67(62,63)45-31-43(21-15-34(45)2)65(58,59)41-12-8-5-9-13-41/h4-21,30-31,38-39,49H,22-29,32H2,1-3H3,(H,48,54). The van der Waals surface area contributed by atoms with Gasteiger partial charge in [0.05, 0.1) is 35.9 Å². The molecule has 354 valence electrons. The molecule has 2 saturated heterocycles. The molecular weight excluding hydrogens is 939 g/mol. The molecule has 0 saturated carbocycles. The molecule has 2 aliphatic rings. The van der Waals surface area contributed by atoms with Crippen LogP contribution in [0.15, 0.2) is 151 Å². The first-order chi connectivity index (χ1) is 31.7. The Morgan fingerprint density at radius 2 is 1.06 bits per heavy atom. The van der Waals surface area contributed by atoms with E-state index in [9.17, 15) is 48.1 Å². The van der Waals surface area contributed by atoms with Gasteiger partial charge in [-0.3, -0.25) is 14.4 Å². The second-order valence-electron chi connectivity index (χ2n) is 16.6. The number of sulfonamides is 2. The zero-order chi connectivity index (χ0) is 48.3. The SMILES string of the molecule is CC(=O)N1CCC(N(CC(=O)Nc2ccc(C(=O)N3CCC(NS(=O)(=O)c4cc(S(=O)(=O)c5ccccc5)ccc4C)CC3)cc2)S(=O)(=O)c2cc(S(=O)(=O)c3ccccc3)ccc2C)CC1. The Hall–Kier alpha value is -5.77. The predicted octanol–water partition coefficient (Wildman–Crippen LogP) is 5.19.